The summed E-state index contributed by atoms with van der Waals surface area (Å²) in [6, 6.07) is 6.52. The molecule has 0 unspecified atom stereocenters. The highest BCUT2D eigenvalue weighted by Crippen LogP contribution is 2.41. The van der Waals surface area contributed by atoms with E-state index in [2.05, 4.69) is 24.9 Å². The first-order valence-corrected chi connectivity index (χ1v) is 12.2. The zero-order valence-corrected chi connectivity index (χ0v) is 20.2. The van der Waals surface area contributed by atoms with Gasteiger partial charge in [-0.2, -0.15) is 28.2 Å². The molecule has 0 saturated carbocycles. The second-order valence-corrected chi connectivity index (χ2v) is 9.90. The number of ether oxygens (including phenoxy) is 1. The van der Waals surface area contributed by atoms with E-state index >= 15 is 0 Å². The molecule has 0 aliphatic carbocycles. The lowest BCUT2D eigenvalue weighted by molar-refractivity contribution is -0.139. The average molecular weight is 532 g/mol. The van der Waals surface area contributed by atoms with Crippen LogP contribution in [0.3, 0.4) is 0 Å². The van der Waals surface area contributed by atoms with E-state index in [1.165, 1.54) is 24.0 Å². The van der Waals surface area contributed by atoms with Crippen molar-refractivity contribution < 1.29 is 26.3 Å². The first-order valence-electron chi connectivity index (χ1n) is 10.3. The largest absolute Gasteiger partial charge is 0.438 e. The van der Waals surface area contributed by atoms with Crippen molar-refractivity contribution >= 4 is 33.3 Å². The third-order valence-corrected chi connectivity index (χ3v) is 6.79. The van der Waals surface area contributed by atoms with Crippen molar-refractivity contribution in [2.24, 2.45) is 7.05 Å². The number of halogens is 4. The van der Waals surface area contributed by atoms with E-state index in [-0.39, 0.29) is 10.6 Å². The molecule has 3 heterocycles. The van der Waals surface area contributed by atoms with Gasteiger partial charge in [0.25, 0.3) is 10.0 Å². The predicted molar refractivity (Wildman–Crippen MR) is 122 cm³/mol. The molecule has 4 rings (SSSR count). The molecule has 188 valence electrons. The lowest BCUT2D eigenvalue weighted by atomic mass is 10.2. The molecule has 1 N–H and O–H groups in total. The lowest BCUT2D eigenvalue weighted by Crippen LogP contribution is -2.44. The van der Waals surface area contributed by atoms with Crippen LogP contribution in [0.5, 0.6) is 11.6 Å². The number of nitrogens with zero attached hydrogens (tertiary/aromatic N) is 6. The Labute approximate surface area is 204 Å². The van der Waals surface area contributed by atoms with E-state index in [0.717, 1.165) is 38.1 Å². The topological polar surface area (TPSA) is 105 Å². The van der Waals surface area contributed by atoms with E-state index in [1.807, 2.05) is 17.8 Å². The van der Waals surface area contributed by atoms with Crippen LogP contribution in [0.25, 0.3) is 0 Å². The fourth-order valence-electron chi connectivity index (χ4n) is 3.41. The van der Waals surface area contributed by atoms with Gasteiger partial charge in [0.15, 0.2) is 10.7 Å². The Balaban J connectivity index is 1.67. The molecule has 0 radical (unpaired) electrons. The first kappa shape index (κ1) is 25.0. The molecule has 1 aliphatic heterocycles. The van der Waals surface area contributed by atoms with Crippen molar-refractivity contribution in [1.29, 1.82) is 0 Å². The number of likely N-dealkylation sites (N-methyl/N-ethyl adjacent to an activating group) is 1. The van der Waals surface area contributed by atoms with E-state index in [4.69, 9.17) is 16.3 Å². The molecule has 3 aromatic rings. The Kier molecular flexibility index (Phi) is 6.79. The molecule has 1 saturated heterocycles. The smallest absolute Gasteiger partial charge is 0.424 e. The molecular formula is C20H21ClF3N7O3S. The Morgan fingerprint density at radius 1 is 1.11 bits per heavy atom. The van der Waals surface area contributed by atoms with E-state index < -0.39 is 38.7 Å². The standard InChI is InChI=1S/C20H21ClF3N7O3S/c1-29-6-8-31(9-7-29)13-4-3-5-14(10-13)34-18-16(20(22,23)24)17(21)26-19(27-18)28-35(32,33)15-11-25-30(2)12-15/h3-5,10-12H,6-9H2,1-2H3,(H,26,27,28). The molecule has 1 aliphatic rings. The van der Waals surface area contributed by atoms with Gasteiger partial charge >= 0.3 is 6.18 Å². The molecule has 1 aromatic carbocycles. The van der Waals surface area contributed by atoms with E-state index in [9.17, 15) is 21.6 Å². The number of nitrogens with one attached hydrogen (secondary N) is 1. The maximum absolute atomic E-state index is 13.7. The summed E-state index contributed by atoms with van der Waals surface area (Å²) < 4.78 is 75.1. The van der Waals surface area contributed by atoms with Crippen LogP contribution in [0.15, 0.2) is 41.6 Å². The molecule has 10 nitrogen and oxygen atoms in total. The van der Waals surface area contributed by atoms with Crippen molar-refractivity contribution in [3.63, 3.8) is 0 Å². The van der Waals surface area contributed by atoms with Gasteiger partial charge < -0.3 is 14.5 Å². The maximum Gasteiger partial charge on any atom is 0.424 e. The molecule has 1 fully saturated rings. The van der Waals surface area contributed by atoms with Crippen LogP contribution < -0.4 is 14.4 Å². The van der Waals surface area contributed by atoms with Gasteiger partial charge in [0.05, 0.1) is 6.20 Å². The highest BCUT2D eigenvalue weighted by Gasteiger charge is 2.40. The lowest BCUT2D eigenvalue weighted by Gasteiger charge is -2.34. The Morgan fingerprint density at radius 3 is 2.46 bits per heavy atom. The van der Waals surface area contributed by atoms with Crippen molar-refractivity contribution in [3.8, 4) is 11.6 Å². The number of hydrogen-bond donors (Lipinski definition) is 1. The van der Waals surface area contributed by atoms with Gasteiger partial charge in [0.1, 0.15) is 10.6 Å². The zero-order valence-electron chi connectivity index (χ0n) is 18.6. The molecule has 0 bridgehead atoms. The molecule has 15 heteroatoms. The summed E-state index contributed by atoms with van der Waals surface area (Å²) in [4.78, 5) is 11.2. The zero-order chi connectivity index (χ0) is 25.4. The van der Waals surface area contributed by atoms with Gasteiger partial charge in [-0.1, -0.05) is 17.7 Å². The van der Waals surface area contributed by atoms with Crippen molar-refractivity contribution in [2.75, 3.05) is 42.8 Å². The number of aromatic nitrogens is 4. The highest BCUT2D eigenvalue weighted by atomic mass is 35.5. The van der Waals surface area contributed by atoms with Gasteiger partial charge in [-0.05, 0) is 19.2 Å². The number of aryl methyl sites for hydroxylation is 1. The second-order valence-electron chi connectivity index (χ2n) is 7.86. The molecule has 35 heavy (non-hydrogen) atoms. The van der Waals surface area contributed by atoms with Gasteiger partial charge in [0, 0.05) is 51.2 Å². The van der Waals surface area contributed by atoms with Crippen molar-refractivity contribution in [1.82, 2.24) is 24.6 Å². The van der Waals surface area contributed by atoms with E-state index in [0.29, 0.717) is 0 Å². The summed E-state index contributed by atoms with van der Waals surface area (Å²) in [5.41, 5.74) is -0.657. The predicted octanol–water partition coefficient (Wildman–Crippen LogP) is 3.23. The van der Waals surface area contributed by atoms with Crippen LogP contribution in [0.2, 0.25) is 5.15 Å². The highest BCUT2D eigenvalue weighted by molar-refractivity contribution is 7.92. The quantitative estimate of drug-likeness (QED) is 0.483. The minimum Gasteiger partial charge on any atom is -0.438 e. The fourth-order valence-corrected chi connectivity index (χ4v) is 4.60. The summed E-state index contributed by atoms with van der Waals surface area (Å²) >= 11 is 5.82. The summed E-state index contributed by atoms with van der Waals surface area (Å²) in [6.07, 6.45) is -2.69. The minimum absolute atomic E-state index is 0.0720. The SMILES string of the molecule is CN1CCN(c2cccc(Oc3nc(NS(=O)(=O)c4cnn(C)c4)nc(Cl)c3C(F)(F)F)c2)CC1. The van der Waals surface area contributed by atoms with Gasteiger partial charge in [-0.15, -0.1) is 0 Å². The van der Waals surface area contributed by atoms with Crippen LogP contribution >= 0.6 is 11.6 Å². The molecule has 0 amide bonds. The van der Waals surface area contributed by atoms with Gasteiger partial charge in [0.2, 0.25) is 11.8 Å². The molecule has 0 atom stereocenters. The summed E-state index contributed by atoms with van der Waals surface area (Å²) in [5.74, 6) is -1.54. The Bertz CT molecular complexity index is 1330. The number of piperazine rings is 1. The van der Waals surface area contributed by atoms with Crippen molar-refractivity contribution in [3.05, 3.63) is 47.4 Å². The number of benzene rings is 1. The van der Waals surface area contributed by atoms with Crippen LogP contribution in [0, 0.1) is 0 Å². The van der Waals surface area contributed by atoms with Crippen LogP contribution in [-0.4, -0.2) is 66.3 Å². The monoisotopic (exact) mass is 531 g/mol. The van der Waals surface area contributed by atoms with Crippen LogP contribution in [0.1, 0.15) is 5.56 Å². The number of hydrogen-bond acceptors (Lipinski definition) is 8. The third-order valence-electron chi connectivity index (χ3n) is 5.23. The third kappa shape index (κ3) is 5.77. The van der Waals surface area contributed by atoms with Gasteiger partial charge in [-0.3, -0.25) is 4.68 Å². The summed E-state index contributed by atoms with van der Waals surface area (Å²) in [7, 11) is -0.722. The summed E-state index contributed by atoms with van der Waals surface area (Å²) in [6.45, 7) is 3.16. The average Bonchev–Trinajstić information content (AvgIpc) is 3.20. The number of sulfonamides is 1. The molecule has 2 aromatic heterocycles. The summed E-state index contributed by atoms with van der Waals surface area (Å²) in [5, 5.41) is 2.75. The number of rotatable bonds is 6. The fraction of sp³-hybridized carbons (Fsp3) is 0.350. The second kappa shape index (κ2) is 9.51. The first-order chi connectivity index (χ1) is 16.4. The minimum atomic E-state index is -4.96. The normalized spacial score (nSPS) is 15.3. The Hall–Kier alpha value is -3.10. The van der Waals surface area contributed by atoms with E-state index in [1.54, 1.807) is 12.1 Å². The van der Waals surface area contributed by atoms with Crippen LogP contribution in [0.4, 0.5) is 24.8 Å². The molecule has 0 spiro atoms. The number of anilines is 2. The Morgan fingerprint density at radius 2 is 1.83 bits per heavy atom. The van der Waals surface area contributed by atoms with Crippen molar-refractivity contribution in [2.45, 2.75) is 11.1 Å². The van der Waals surface area contributed by atoms with Crippen LogP contribution in [-0.2, 0) is 23.2 Å². The molecular weight excluding hydrogens is 511 g/mol. The maximum atomic E-state index is 13.7. The van der Waals surface area contributed by atoms with Gasteiger partial charge in [-0.25, -0.2) is 13.1 Å². The number of alkyl halides is 3.